The molecule has 4 nitrogen and oxygen atoms in total. The molecule has 30 heavy (non-hydrogen) atoms. The number of ether oxygens (including phenoxy) is 1. The Morgan fingerprint density at radius 1 is 1.20 bits per heavy atom. The smallest absolute Gasteiger partial charge is 0.426 e. The van der Waals surface area contributed by atoms with Gasteiger partial charge in [0.2, 0.25) is 6.10 Å². The third kappa shape index (κ3) is 7.11. The number of amides is 1. The monoisotopic (exact) mass is 458 g/mol. The number of halogens is 4. The molecule has 0 saturated carbocycles. The number of alkyl halides is 3. The number of carbonyl (C=O) groups is 1. The molecule has 0 radical (unpaired) electrons. The molecule has 3 rings (SSSR count). The molecule has 2 atom stereocenters. The van der Waals surface area contributed by atoms with E-state index in [2.05, 4.69) is 5.32 Å². The maximum atomic E-state index is 13.5. The fraction of sp³-hybridized carbons (Fsp3) is 0.381. The van der Waals surface area contributed by atoms with Crippen LogP contribution in [0.3, 0.4) is 0 Å². The fourth-order valence-electron chi connectivity index (χ4n) is 3.22. The molecule has 2 aromatic carbocycles. The molecule has 1 N–H and O–H groups in total. The number of likely N-dealkylation sites (tertiary alicyclic amines) is 1. The molecule has 162 valence electrons. The van der Waals surface area contributed by atoms with Crippen LogP contribution in [0, 0.1) is 0 Å². The first-order valence-electron chi connectivity index (χ1n) is 9.53. The summed E-state index contributed by atoms with van der Waals surface area (Å²) in [6.07, 6.45) is -6.27. The van der Waals surface area contributed by atoms with Crippen molar-refractivity contribution in [3.63, 3.8) is 0 Å². The Morgan fingerprint density at radius 3 is 2.57 bits per heavy atom. The van der Waals surface area contributed by atoms with Crippen molar-refractivity contribution < 1.29 is 22.7 Å². The van der Waals surface area contributed by atoms with Crippen molar-refractivity contribution >= 4 is 35.1 Å². The summed E-state index contributed by atoms with van der Waals surface area (Å²) in [5, 5.41) is 2.95. The molecule has 1 heterocycles. The van der Waals surface area contributed by atoms with Crippen LogP contribution in [0.15, 0.2) is 59.5 Å². The van der Waals surface area contributed by atoms with E-state index in [1.165, 1.54) is 24.3 Å². The minimum absolute atomic E-state index is 0.193. The topological polar surface area (TPSA) is 41.6 Å². The van der Waals surface area contributed by atoms with E-state index >= 15 is 0 Å². The Kier molecular flexibility index (Phi) is 7.91. The molecule has 0 bridgehead atoms. The highest BCUT2D eigenvalue weighted by Gasteiger charge is 2.44. The highest BCUT2D eigenvalue weighted by Crippen LogP contribution is 2.31. The quantitative estimate of drug-likeness (QED) is 0.570. The van der Waals surface area contributed by atoms with Crippen LogP contribution in [0.5, 0.6) is 0 Å². The number of rotatable bonds is 6. The van der Waals surface area contributed by atoms with E-state index in [0.29, 0.717) is 23.8 Å². The van der Waals surface area contributed by atoms with Crippen LogP contribution in [0.25, 0.3) is 0 Å². The molecule has 1 unspecified atom stereocenters. The molecule has 2 aromatic rings. The van der Waals surface area contributed by atoms with E-state index < -0.39 is 18.4 Å². The second kappa shape index (κ2) is 10.4. The first-order chi connectivity index (χ1) is 14.3. The zero-order chi connectivity index (χ0) is 21.6. The fourth-order valence-corrected chi connectivity index (χ4v) is 4.61. The number of carbonyl (C=O) groups excluding carboxylic acids is 1. The van der Waals surface area contributed by atoms with Gasteiger partial charge in [-0.2, -0.15) is 13.2 Å². The van der Waals surface area contributed by atoms with Crippen molar-refractivity contribution in [2.45, 2.75) is 35.3 Å². The number of hydrogen-bond acceptors (Lipinski definition) is 4. The lowest BCUT2D eigenvalue weighted by atomic mass is 10.1. The lowest BCUT2D eigenvalue weighted by molar-refractivity contribution is -0.207. The van der Waals surface area contributed by atoms with Crippen LogP contribution < -0.4 is 5.32 Å². The van der Waals surface area contributed by atoms with Crippen molar-refractivity contribution in [1.29, 1.82) is 0 Å². The standard InChI is InChI=1S/C21H22ClF3N2O2S/c22-15-8-10-16(11-9-15)26-20(28)29-19(21(23,24)25)14-27-12-4-7-18(13-27)30-17-5-2-1-3-6-17/h1-3,5-6,8-11,18-19H,4,7,12-14H2,(H,26,28)/t18?,19-/m0/s1. The second-order valence-corrected chi connectivity index (χ2v) is 8.83. The summed E-state index contributed by atoms with van der Waals surface area (Å²) < 4.78 is 45.3. The summed E-state index contributed by atoms with van der Waals surface area (Å²) in [6, 6.07) is 15.8. The van der Waals surface area contributed by atoms with Gasteiger partial charge in [0, 0.05) is 33.9 Å². The Bertz CT molecular complexity index is 821. The third-order valence-corrected chi connectivity index (χ3v) is 6.15. The summed E-state index contributed by atoms with van der Waals surface area (Å²) in [6.45, 7) is 0.665. The zero-order valence-corrected chi connectivity index (χ0v) is 17.6. The van der Waals surface area contributed by atoms with Crippen LogP contribution in [-0.4, -0.2) is 48.2 Å². The normalized spacial score (nSPS) is 18.6. The van der Waals surface area contributed by atoms with E-state index in [4.69, 9.17) is 16.3 Å². The van der Waals surface area contributed by atoms with Crippen molar-refractivity contribution in [2.24, 2.45) is 0 Å². The summed E-state index contributed by atoms with van der Waals surface area (Å²) in [5.74, 6) is 0. The maximum Gasteiger partial charge on any atom is 0.426 e. The average molecular weight is 459 g/mol. The predicted molar refractivity (Wildman–Crippen MR) is 113 cm³/mol. The van der Waals surface area contributed by atoms with E-state index in [-0.39, 0.29) is 11.8 Å². The largest absolute Gasteiger partial charge is 0.435 e. The summed E-state index contributed by atoms with van der Waals surface area (Å²) >= 11 is 7.43. The minimum atomic E-state index is -4.66. The number of nitrogens with zero attached hydrogens (tertiary/aromatic N) is 1. The van der Waals surface area contributed by atoms with Gasteiger partial charge in [0.05, 0.1) is 0 Å². The van der Waals surface area contributed by atoms with E-state index in [9.17, 15) is 18.0 Å². The van der Waals surface area contributed by atoms with Gasteiger partial charge in [-0.1, -0.05) is 29.8 Å². The van der Waals surface area contributed by atoms with Crippen LogP contribution in [0.4, 0.5) is 23.7 Å². The molecule has 0 aromatic heterocycles. The average Bonchev–Trinajstić information content (AvgIpc) is 2.70. The van der Waals surface area contributed by atoms with Crippen molar-refractivity contribution in [3.05, 3.63) is 59.6 Å². The molecular weight excluding hydrogens is 437 g/mol. The van der Waals surface area contributed by atoms with Gasteiger partial charge in [-0.05, 0) is 55.8 Å². The van der Waals surface area contributed by atoms with Gasteiger partial charge < -0.3 is 4.74 Å². The summed E-state index contributed by atoms with van der Waals surface area (Å²) in [5.41, 5.74) is 0.308. The Balaban J connectivity index is 1.57. The van der Waals surface area contributed by atoms with Gasteiger partial charge in [-0.3, -0.25) is 10.2 Å². The Morgan fingerprint density at radius 2 is 1.90 bits per heavy atom. The molecule has 9 heteroatoms. The number of thioether (sulfide) groups is 1. The van der Waals surface area contributed by atoms with Gasteiger partial charge in [0.15, 0.2) is 0 Å². The molecular formula is C21H22ClF3N2O2S. The van der Waals surface area contributed by atoms with Gasteiger partial charge in [0.25, 0.3) is 0 Å². The zero-order valence-electron chi connectivity index (χ0n) is 16.1. The SMILES string of the molecule is O=C(Nc1ccc(Cl)cc1)O[C@@H](CN1CCCC(Sc2ccccc2)C1)C(F)(F)F. The first-order valence-corrected chi connectivity index (χ1v) is 10.8. The number of piperidine rings is 1. The number of hydrogen-bond donors (Lipinski definition) is 1. The number of anilines is 1. The van der Waals surface area contributed by atoms with Gasteiger partial charge in [0.1, 0.15) is 0 Å². The molecule has 1 amide bonds. The van der Waals surface area contributed by atoms with Gasteiger partial charge in [-0.25, -0.2) is 4.79 Å². The summed E-state index contributed by atoms with van der Waals surface area (Å²) in [4.78, 5) is 14.8. The number of benzene rings is 2. The molecule has 1 aliphatic heterocycles. The lowest BCUT2D eigenvalue weighted by Gasteiger charge is -2.34. The predicted octanol–water partition coefficient (Wildman–Crippen LogP) is 6.08. The van der Waals surface area contributed by atoms with Gasteiger partial charge >= 0.3 is 12.3 Å². The van der Waals surface area contributed by atoms with Crippen LogP contribution in [0.1, 0.15) is 12.8 Å². The lowest BCUT2D eigenvalue weighted by Crippen LogP contribution is -2.48. The van der Waals surface area contributed by atoms with Crippen LogP contribution in [-0.2, 0) is 4.74 Å². The van der Waals surface area contributed by atoms with Crippen LogP contribution >= 0.6 is 23.4 Å². The molecule has 0 spiro atoms. The minimum Gasteiger partial charge on any atom is -0.435 e. The van der Waals surface area contributed by atoms with Gasteiger partial charge in [-0.15, -0.1) is 11.8 Å². The van der Waals surface area contributed by atoms with E-state index in [1.807, 2.05) is 30.3 Å². The van der Waals surface area contributed by atoms with Crippen LogP contribution in [0.2, 0.25) is 5.02 Å². The number of nitrogens with one attached hydrogen (secondary N) is 1. The Labute approximate surface area is 182 Å². The van der Waals surface area contributed by atoms with Crippen molar-refractivity contribution in [2.75, 3.05) is 25.0 Å². The molecule has 0 aliphatic carbocycles. The maximum absolute atomic E-state index is 13.5. The molecule has 1 saturated heterocycles. The second-order valence-electron chi connectivity index (χ2n) is 7.02. The van der Waals surface area contributed by atoms with Crippen molar-refractivity contribution in [1.82, 2.24) is 4.90 Å². The van der Waals surface area contributed by atoms with E-state index in [1.54, 1.807) is 16.7 Å². The molecule has 1 fully saturated rings. The van der Waals surface area contributed by atoms with E-state index in [0.717, 1.165) is 17.7 Å². The molecule has 1 aliphatic rings. The highest BCUT2D eigenvalue weighted by molar-refractivity contribution is 8.00. The highest BCUT2D eigenvalue weighted by atomic mass is 35.5. The third-order valence-electron chi connectivity index (χ3n) is 4.64. The Hall–Kier alpha value is -1.90. The first kappa shape index (κ1) is 22.8. The van der Waals surface area contributed by atoms with Crippen molar-refractivity contribution in [3.8, 4) is 0 Å². The summed E-state index contributed by atoms with van der Waals surface area (Å²) in [7, 11) is 0.